The van der Waals surface area contributed by atoms with E-state index < -0.39 is 16.4 Å². The van der Waals surface area contributed by atoms with Crippen molar-refractivity contribution in [1.82, 2.24) is 19.7 Å². The minimum atomic E-state index is -0.571. The highest BCUT2D eigenvalue weighted by Gasteiger charge is 2.20. The third kappa shape index (κ3) is 4.55. The lowest BCUT2D eigenvalue weighted by Crippen LogP contribution is -2.19. The SMILES string of the molecule is Cc1ccc(C(=O)Nc2cc(-c3cccs3)nn2-c2nc(-c3ccccc3)cc(=O)[nH]2)cc1[N+](=O)[O-]. The average Bonchev–Trinajstić information content (AvgIpc) is 3.55. The van der Waals surface area contributed by atoms with E-state index in [1.807, 2.05) is 47.8 Å². The van der Waals surface area contributed by atoms with E-state index in [0.717, 1.165) is 10.4 Å². The van der Waals surface area contributed by atoms with Crippen molar-refractivity contribution in [3.63, 3.8) is 0 Å². The number of rotatable bonds is 6. The van der Waals surface area contributed by atoms with Crippen molar-refractivity contribution in [2.24, 2.45) is 0 Å². The molecule has 0 unspecified atom stereocenters. The highest BCUT2D eigenvalue weighted by Crippen LogP contribution is 2.28. The summed E-state index contributed by atoms with van der Waals surface area (Å²) in [4.78, 5) is 44.4. The highest BCUT2D eigenvalue weighted by molar-refractivity contribution is 7.13. The Kier molecular flexibility index (Phi) is 5.97. The molecule has 2 N–H and O–H groups in total. The number of thiophene rings is 1. The smallest absolute Gasteiger partial charge is 0.273 e. The molecule has 0 bridgehead atoms. The van der Waals surface area contributed by atoms with Gasteiger partial charge in [0.2, 0.25) is 5.95 Å². The standard InChI is InChI=1S/C25H18N6O4S/c1-15-9-10-17(12-20(15)31(34)35)24(33)27-22-13-19(21-8-5-11-36-21)29-30(22)25-26-18(14-23(32)28-25)16-6-3-2-4-7-16/h2-14H,1H3,(H,27,33)(H,26,28,32). The Labute approximate surface area is 208 Å². The van der Waals surface area contributed by atoms with Gasteiger partial charge in [0.25, 0.3) is 17.2 Å². The second kappa shape index (κ2) is 9.39. The van der Waals surface area contributed by atoms with Gasteiger partial charge in [-0.15, -0.1) is 11.3 Å². The first-order valence-electron chi connectivity index (χ1n) is 10.8. The van der Waals surface area contributed by atoms with Gasteiger partial charge in [0.05, 0.1) is 15.5 Å². The van der Waals surface area contributed by atoms with E-state index in [1.54, 1.807) is 13.0 Å². The first kappa shape index (κ1) is 22.9. The van der Waals surface area contributed by atoms with Gasteiger partial charge in [-0.2, -0.15) is 9.78 Å². The van der Waals surface area contributed by atoms with Gasteiger partial charge in [-0.05, 0) is 24.4 Å². The third-order valence-electron chi connectivity index (χ3n) is 5.39. The minimum Gasteiger partial charge on any atom is -0.306 e. The molecule has 36 heavy (non-hydrogen) atoms. The van der Waals surface area contributed by atoms with Gasteiger partial charge in [0, 0.05) is 34.9 Å². The monoisotopic (exact) mass is 498 g/mol. The molecule has 11 heteroatoms. The first-order chi connectivity index (χ1) is 17.4. The summed E-state index contributed by atoms with van der Waals surface area (Å²) in [5, 5.41) is 20.6. The summed E-state index contributed by atoms with van der Waals surface area (Å²) in [7, 11) is 0. The average molecular weight is 499 g/mol. The number of hydrogen-bond acceptors (Lipinski definition) is 7. The molecule has 0 radical (unpaired) electrons. The fraction of sp³-hybridized carbons (Fsp3) is 0.0400. The van der Waals surface area contributed by atoms with Crippen molar-refractivity contribution in [2.45, 2.75) is 6.92 Å². The molecule has 0 aliphatic rings. The largest absolute Gasteiger partial charge is 0.306 e. The second-order valence-electron chi connectivity index (χ2n) is 7.84. The number of nitrogens with one attached hydrogen (secondary N) is 2. The molecule has 0 spiro atoms. The zero-order valence-corrected chi connectivity index (χ0v) is 19.7. The third-order valence-corrected chi connectivity index (χ3v) is 6.28. The number of hydrogen-bond donors (Lipinski definition) is 2. The number of carbonyl (C=O) groups is 1. The zero-order valence-electron chi connectivity index (χ0n) is 18.8. The van der Waals surface area contributed by atoms with Crippen molar-refractivity contribution < 1.29 is 9.72 Å². The zero-order chi connectivity index (χ0) is 25.2. The Morgan fingerprint density at radius 2 is 1.86 bits per heavy atom. The lowest BCUT2D eigenvalue weighted by molar-refractivity contribution is -0.385. The lowest BCUT2D eigenvalue weighted by atomic mass is 10.1. The van der Waals surface area contributed by atoms with Crippen molar-refractivity contribution in [2.75, 3.05) is 5.32 Å². The Bertz CT molecular complexity index is 1640. The number of nitrogens with zero attached hydrogens (tertiary/aromatic N) is 4. The van der Waals surface area contributed by atoms with Gasteiger partial charge in [0.15, 0.2) is 0 Å². The predicted octanol–water partition coefficient (Wildman–Crippen LogP) is 4.82. The van der Waals surface area contributed by atoms with Crippen molar-refractivity contribution in [1.29, 1.82) is 0 Å². The van der Waals surface area contributed by atoms with Crippen LogP contribution in [0.1, 0.15) is 15.9 Å². The van der Waals surface area contributed by atoms with E-state index in [-0.39, 0.29) is 23.0 Å². The normalized spacial score (nSPS) is 10.8. The molecule has 0 atom stereocenters. The van der Waals surface area contributed by atoms with Gasteiger partial charge in [-0.25, -0.2) is 4.98 Å². The molecular weight excluding hydrogens is 480 g/mol. The summed E-state index contributed by atoms with van der Waals surface area (Å²) in [6.45, 7) is 1.60. The molecule has 0 saturated heterocycles. The Morgan fingerprint density at radius 1 is 1.06 bits per heavy atom. The van der Waals surface area contributed by atoms with E-state index >= 15 is 0 Å². The molecule has 10 nitrogen and oxygen atoms in total. The second-order valence-corrected chi connectivity index (χ2v) is 8.78. The van der Waals surface area contributed by atoms with Crippen LogP contribution in [0.4, 0.5) is 11.5 Å². The maximum atomic E-state index is 13.1. The van der Waals surface area contributed by atoms with Crippen LogP contribution in [0.3, 0.4) is 0 Å². The molecule has 5 aromatic rings. The van der Waals surface area contributed by atoms with E-state index in [2.05, 4.69) is 20.4 Å². The summed E-state index contributed by atoms with van der Waals surface area (Å²) in [5.41, 5.74) is 1.75. The fourth-order valence-electron chi connectivity index (χ4n) is 3.61. The number of H-pyrrole nitrogens is 1. The number of nitro benzene ring substituents is 1. The topological polar surface area (TPSA) is 136 Å². The van der Waals surface area contributed by atoms with Crippen LogP contribution in [-0.4, -0.2) is 30.6 Å². The van der Waals surface area contributed by atoms with E-state index in [4.69, 9.17) is 0 Å². The van der Waals surface area contributed by atoms with Crippen LogP contribution in [0.2, 0.25) is 0 Å². The molecule has 0 aliphatic heterocycles. The van der Waals surface area contributed by atoms with Gasteiger partial charge < -0.3 is 5.32 Å². The number of aromatic amines is 1. The Morgan fingerprint density at radius 3 is 2.58 bits per heavy atom. The van der Waals surface area contributed by atoms with Crippen LogP contribution < -0.4 is 10.9 Å². The minimum absolute atomic E-state index is 0.106. The molecule has 3 aromatic heterocycles. The number of nitro groups is 1. The van der Waals surface area contributed by atoms with Crippen molar-refractivity contribution in [3.05, 3.63) is 110 Å². The van der Waals surface area contributed by atoms with Gasteiger partial charge >= 0.3 is 0 Å². The van der Waals surface area contributed by atoms with E-state index in [1.165, 1.54) is 40.3 Å². The van der Waals surface area contributed by atoms with E-state index in [0.29, 0.717) is 17.0 Å². The van der Waals surface area contributed by atoms with Gasteiger partial charge in [-0.3, -0.25) is 24.7 Å². The number of aromatic nitrogens is 4. The molecular formula is C25H18N6O4S. The number of aryl methyl sites for hydroxylation is 1. The first-order valence-corrected chi connectivity index (χ1v) is 11.6. The van der Waals surface area contributed by atoms with Crippen LogP contribution in [0.25, 0.3) is 27.8 Å². The summed E-state index contributed by atoms with van der Waals surface area (Å²) in [6, 6.07) is 20.2. The van der Waals surface area contributed by atoms with Gasteiger partial charge in [0.1, 0.15) is 11.5 Å². The number of amides is 1. The van der Waals surface area contributed by atoms with Crippen LogP contribution in [0, 0.1) is 17.0 Å². The van der Waals surface area contributed by atoms with Crippen molar-refractivity contribution >= 4 is 28.7 Å². The Hall–Kier alpha value is -4.90. The summed E-state index contributed by atoms with van der Waals surface area (Å²) in [5.74, 6) is -0.229. The summed E-state index contributed by atoms with van der Waals surface area (Å²) < 4.78 is 1.34. The van der Waals surface area contributed by atoms with E-state index in [9.17, 15) is 19.7 Å². The van der Waals surface area contributed by atoms with Crippen LogP contribution >= 0.6 is 11.3 Å². The number of anilines is 1. The van der Waals surface area contributed by atoms with Crippen LogP contribution in [0.15, 0.2) is 83.0 Å². The summed E-state index contributed by atoms with van der Waals surface area (Å²) >= 11 is 1.46. The fourth-order valence-corrected chi connectivity index (χ4v) is 4.30. The molecule has 0 saturated carbocycles. The van der Waals surface area contributed by atoms with Crippen LogP contribution in [-0.2, 0) is 0 Å². The van der Waals surface area contributed by atoms with Crippen molar-refractivity contribution in [3.8, 4) is 27.8 Å². The maximum Gasteiger partial charge on any atom is 0.273 e. The molecule has 3 heterocycles. The molecule has 178 valence electrons. The molecule has 0 aliphatic carbocycles. The molecule has 0 fully saturated rings. The predicted molar refractivity (Wildman–Crippen MR) is 137 cm³/mol. The molecule has 5 rings (SSSR count). The Balaban J connectivity index is 1.59. The van der Waals surface area contributed by atoms with Crippen LogP contribution in [0.5, 0.6) is 0 Å². The molecule has 2 aromatic carbocycles. The van der Waals surface area contributed by atoms with Gasteiger partial charge in [-0.1, -0.05) is 42.5 Å². The summed E-state index contributed by atoms with van der Waals surface area (Å²) in [6.07, 6.45) is 0. The number of benzene rings is 2. The lowest BCUT2D eigenvalue weighted by Gasteiger charge is -2.09. The maximum absolute atomic E-state index is 13.1. The quantitative estimate of drug-likeness (QED) is 0.254. The number of carbonyl (C=O) groups excluding carboxylic acids is 1. The highest BCUT2D eigenvalue weighted by atomic mass is 32.1. The molecule has 1 amide bonds.